The van der Waals surface area contributed by atoms with Gasteiger partial charge in [-0.05, 0) is 30.7 Å². The minimum Gasteiger partial charge on any atom is -0.268 e. The van der Waals surface area contributed by atoms with E-state index in [2.05, 4.69) is 9.82 Å². The fourth-order valence-corrected chi connectivity index (χ4v) is 3.06. The summed E-state index contributed by atoms with van der Waals surface area (Å²) in [6.45, 7) is -0.0104. The number of alkyl halides is 3. The standard InChI is InChI=1S/C14H13F4N3O3S/c15-12-5-4-10(9-11(12)14(16,17)18)25(23,24)20-7-2-8-21-13(22)3-1-6-19-21/h1,3-6,9,20H,2,7-8H2. The van der Waals surface area contributed by atoms with Crippen LogP contribution in [0, 0.1) is 5.82 Å². The average Bonchev–Trinajstić information content (AvgIpc) is 2.52. The molecule has 1 aromatic heterocycles. The van der Waals surface area contributed by atoms with E-state index in [1.54, 1.807) is 0 Å². The molecule has 11 heteroatoms. The van der Waals surface area contributed by atoms with Gasteiger partial charge in [0.25, 0.3) is 5.56 Å². The van der Waals surface area contributed by atoms with Crippen molar-refractivity contribution in [3.05, 3.63) is 58.3 Å². The Morgan fingerprint density at radius 1 is 1.20 bits per heavy atom. The van der Waals surface area contributed by atoms with Crippen molar-refractivity contribution in [1.29, 1.82) is 0 Å². The van der Waals surface area contributed by atoms with E-state index >= 15 is 0 Å². The molecule has 2 rings (SSSR count). The number of halogens is 4. The second kappa shape index (κ2) is 7.31. The number of hydrogen-bond acceptors (Lipinski definition) is 4. The van der Waals surface area contributed by atoms with E-state index in [-0.39, 0.29) is 31.1 Å². The molecule has 0 saturated heterocycles. The Kier molecular flexibility index (Phi) is 5.58. The number of hydrogen-bond donors (Lipinski definition) is 1. The molecule has 1 aromatic carbocycles. The Morgan fingerprint density at radius 2 is 1.92 bits per heavy atom. The van der Waals surface area contributed by atoms with Crippen molar-refractivity contribution in [1.82, 2.24) is 14.5 Å². The first kappa shape index (κ1) is 19.1. The fourth-order valence-electron chi connectivity index (χ4n) is 1.96. The lowest BCUT2D eigenvalue weighted by Crippen LogP contribution is -2.28. The van der Waals surface area contributed by atoms with Crippen molar-refractivity contribution in [2.45, 2.75) is 24.0 Å². The van der Waals surface area contributed by atoms with Crippen LogP contribution >= 0.6 is 0 Å². The monoisotopic (exact) mass is 379 g/mol. The van der Waals surface area contributed by atoms with Crippen LogP contribution in [0.2, 0.25) is 0 Å². The normalized spacial score (nSPS) is 12.3. The molecule has 1 N–H and O–H groups in total. The predicted octanol–water partition coefficient (Wildman–Crippen LogP) is 1.77. The third kappa shape index (κ3) is 4.86. The average molecular weight is 379 g/mol. The number of nitrogens with one attached hydrogen (secondary N) is 1. The summed E-state index contributed by atoms with van der Waals surface area (Å²) in [4.78, 5) is 10.7. The Hall–Kier alpha value is -2.27. The quantitative estimate of drug-likeness (QED) is 0.613. The van der Waals surface area contributed by atoms with Gasteiger partial charge in [-0.1, -0.05) is 0 Å². The van der Waals surface area contributed by atoms with Crippen LogP contribution in [-0.4, -0.2) is 24.7 Å². The molecule has 0 aliphatic rings. The van der Waals surface area contributed by atoms with Gasteiger partial charge in [0.2, 0.25) is 10.0 Å². The van der Waals surface area contributed by atoms with Crippen molar-refractivity contribution in [3.63, 3.8) is 0 Å². The molecule has 0 aliphatic carbocycles. The first-order chi connectivity index (χ1) is 11.6. The topological polar surface area (TPSA) is 81.1 Å². The lowest BCUT2D eigenvalue weighted by atomic mass is 10.2. The number of benzene rings is 1. The highest BCUT2D eigenvalue weighted by molar-refractivity contribution is 7.89. The van der Waals surface area contributed by atoms with Crippen LogP contribution in [0.1, 0.15) is 12.0 Å². The SMILES string of the molecule is O=c1cccnn1CCCNS(=O)(=O)c1ccc(F)c(C(F)(F)F)c1. The Balaban J connectivity index is 2.05. The maximum Gasteiger partial charge on any atom is 0.419 e. The van der Waals surface area contributed by atoms with Gasteiger partial charge in [0.15, 0.2) is 0 Å². The van der Waals surface area contributed by atoms with Gasteiger partial charge in [0.1, 0.15) is 5.82 Å². The molecule has 0 amide bonds. The molecule has 6 nitrogen and oxygen atoms in total. The number of nitrogens with zero attached hydrogens (tertiary/aromatic N) is 2. The highest BCUT2D eigenvalue weighted by atomic mass is 32.2. The van der Waals surface area contributed by atoms with E-state index in [0.29, 0.717) is 6.07 Å². The van der Waals surface area contributed by atoms with E-state index < -0.39 is 32.5 Å². The molecule has 0 radical (unpaired) electrons. The molecule has 0 bridgehead atoms. The summed E-state index contributed by atoms with van der Waals surface area (Å²) in [7, 11) is -4.25. The zero-order valence-electron chi connectivity index (χ0n) is 12.6. The van der Waals surface area contributed by atoms with Gasteiger partial charge >= 0.3 is 6.18 Å². The molecule has 0 saturated carbocycles. The van der Waals surface area contributed by atoms with Gasteiger partial charge in [-0.2, -0.15) is 18.3 Å². The Labute approximate surface area is 140 Å². The fraction of sp³-hybridized carbons (Fsp3) is 0.286. The van der Waals surface area contributed by atoms with E-state index in [9.17, 15) is 30.8 Å². The minimum atomic E-state index is -5.00. The third-order valence-electron chi connectivity index (χ3n) is 3.18. The second-order valence-corrected chi connectivity index (χ2v) is 6.74. The number of aryl methyl sites for hydroxylation is 1. The summed E-state index contributed by atoms with van der Waals surface area (Å²) in [5.41, 5.74) is -2.02. The lowest BCUT2D eigenvalue weighted by molar-refractivity contribution is -0.140. The Morgan fingerprint density at radius 3 is 2.56 bits per heavy atom. The molecule has 136 valence electrons. The maximum atomic E-state index is 13.2. The molecule has 1 heterocycles. The summed E-state index contributed by atoms with van der Waals surface area (Å²) in [5, 5.41) is 3.78. The molecule has 0 atom stereocenters. The Bertz CT molecular complexity index is 910. The molecular formula is C14H13F4N3O3S. The van der Waals surface area contributed by atoms with Crippen molar-refractivity contribution in [2.24, 2.45) is 0 Å². The van der Waals surface area contributed by atoms with Crippen molar-refractivity contribution >= 4 is 10.0 Å². The smallest absolute Gasteiger partial charge is 0.268 e. The molecule has 0 fully saturated rings. The predicted molar refractivity (Wildman–Crippen MR) is 79.7 cm³/mol. The first-order valence-corrected chi connectivity index (χ1v) is 8.48. The highest BCUT2D eigenvalue weighted by Gasteiger charge is 2.35. The number of sulfonamides is 1. The molecule has 2 aromatic rings. The number of aromatic nitrogens is 2. The van der Waals surface area contributed by atoms with Crippen molar-refractivity contribution in [2.75, 3.05) is 6.54 Å². The largest absolute Gasteiger partial charge is 0.419 e. The van der Waals surface area contributed by atoms with E-state index in [1.165, 1.54) is 18.3 Å². The van der Waals surface area contributed by atoms with Crippen LogP contribution in [0.5, 0.6) is 0 Å². The summed E-state index contributed by atoms with van der Waals surface area (Å²) in [6.07, 6.45) is -3.43. The van der Waals surface area contributed by atoms with Crippen LogP contribution in [0.3, 0.4) is 0 Å². The summed E-state index contributed by atoms with van der Waals surface area (Å²) in [5.74, 6) is -1.55. The minimum absolute atomic E-state index is 0.124. The van der Waals surface area contributed by atoms with E-state index in [4.69, 9.17) is 0 Å². The molecule has 25 heavy (non-hydrogen) atoms. The summed E-state index contributed by atoms with van der Waals surface area (Å²) < 4.78 is 78.4. The second-order valence-electron chi connectivity index (χ2n) is 4.98. The summed E-state index contributed by atoms with van der Waals surface area (Å²) >= 11 is 0. The van der Waals surface area contributed by atoms with Gasteiger partial charge in [-0.15, -0.1) is 0 Å². The highest BCUT2D eigenvalue weighted by Crippen LogP contribution is 2.32. The van der Waals surface area contributed by atoms with Gasteiger partial charge in [0, 0.05) is 25.4 Å². The van der Waals surface area contributed by atoms with E-state index in [1.807, 2.05) is 0 Å². The van der Waals surface area contributed by atoms with Gasteiger partial charge in [-0.25, -0.2) is 22.2 Å². The van der Waals surface area contributed by atoms with Crippen LogP contribution in [0.4, 0.5) is 17.6 Å². The van der Waals surface area contributed by atoms with Gasteiger partial charge in [0.05, 0.1) is 10.5 Å². The molecule has 0 aliphatic heterocycles. The molecule has 0 spiro atoms. The van der Waals surface area contributed by atoms with Crippen LogP contribution in [0.15, 0.2) is 46.2 Å². The zero-order valence-corrected chi connectivity index (χ0v) is 13.4. The van der Waals surface area contributed by atoms with Crippen molar-refractivity contribution < 1.29 is 26.0 Å². The molecular weight excluding hydrogens is 366 g/mol. The lowest BCUT2D eigenvalue weighted by Gasteiger charge is -2.11. The van der Waals surface area contributed by atoms with Crippen LogP contribution < -0.4 is 10.3 Å². The zero-order chi connectivity index (χ0) is 18.7. The summed E-state index contributed by atoms with van der Waals surface area (Å²) in [6, 6.07) is 4.17. The van der Waals surface area contributed by atoms with Crippen molar-refractivity contribution in [3.8, 4) is 0 Å². The third-order valence-corrected chi connectivity index (χ3v) is 4.64. The van der Waals surface area contributed by atoms with E-state index in [0.717, 1.165) is 10.7 Å². The van der Waals surface area contributed by atoms with Crippen LogP contribution in [0.25, 0.3) is 0 Å². The van der Waals surface area contributed by atoms with Crippen LogP contribution in [-0.2, 0) is 22.7 Å². The van der Waals surface area contributed by atoms with Gasteiger partial charge < -0.3 is 0 Å². The first-order valence-electron chi connectivity index (χ1n) is 7.00. The number of rotatable bonds is 6. The molecule has 0 unspecified atom stereocenters. The van der Waals surface area contributed by atoms with Gasteiger partial charge in [-0.3, -0.25) is 4.79 Å². The maximum absolute atomic E-state index is 13.2.